The second-order valence-corrected chi connectivity index (χ2v) is 5.43. The van der Waals surface area contributed by atoms with E-state index < -0.39 is 5.60 Å². The Kier molecular flexibility index (Phi) is 2.43. The zero-order chi connectivity index (χ0) is 9.31. The number of hydrogen-bond donors (Lipinski definition) is 1. The Labute approximate surface area is 83.4 Å². The van der Waals surface area contributed by atoms with Crippen LogP contribution in [-0.2, 0) is 6.42 Å². The van der Waals surface area contributed by atoms with Gasteiger partial charge in [0.15, 0.2) is 0 Å². The minimum absolute atomic E-state index is 0.480. The molecule has 0 spiro atoms. The molecule has 1 heterocycles. The maximum atomic E-state index is 10.1. The van der Waals surface area contributed by atoms with Gasteiger partial charge in [0, 0.05) is 11.3 Å². The summed E-state index contributed by atoms with van der Waals surface area (Å²) in [5.74, 6) is 0.801. The van der Waals surface area contributed by atoms with E-state index in [2.05, 4.69) is 11.4 Å². The molecule has 0 amide bonds. The van der Waals surface area contributed by atoms with Crippen molar-refractivity contribution < 1.29 is 5.11 Å². The van der Waals surface area contributed by atoms with Crippen LogP contribution in [0.5, 0.6) is 0 Å². The topological polar surface area (TPSA) is 20.2 Å². The maximum Gasteiger partial charge on any atom is 0.0670 e. The first-order valence-corrected chi connectivity index (χ1v) is 5.78. The molecule has 0 aliphatic heterocycles. The second-order valence-electron chi connectivity index (χ2n) is 4.40. The van der Waals surface area contributed by atoms with Gasteiger partial charge in [-0.2, -0.15) is 0 Å². The molecule has 0 aromatic carbocycles. The Balaban J connectivity index is 1.90. The molecule has 1 atom stereocenters. The number of aliphatic hydroxyl groups is 1. The van der Waals surface area contributed by atoms with Crippen molar-refractivity contribution in [2.45, 2.75) is 38.2 Å². The Morgan fingerprint density at radius 1 is 1.62 bits per heavy atom. The van der Waals surface area contributed by atoms with Crippen LogP contribution in [0.25, 0.3) is 0 Å². The zero-order valence-corrected chi connectivity index (χ0v) is 8.81. The van der Waals surface area contributed by atoms with E-state index >= 15 is 0 Å². The second kappa shape index (κ2) is 3.43. The predicted molar refractivity (Wildman–Crippen MR) is 56.0 cm³/mol. The zero-order valence-electron chi connectivity index (χ0n) is 7.99. The summed E-state index contributed by atoms with van der Waals surface area (Å²) in [7, 11) is 0. The average molecular weight is 196 g/mol. The van der Waals surface area contributed by atoms with Crippen LogP contribution < -0.4 is 0 Å². The van der Waals surface area contributed by atoms with Crippen molar-refractivity contribution in [3.63, 3.8) is 0 Å². The number of thiophene rings is 1. The molecule has 2 rings (SSSR count). The van der Waals surface area contributed by atoms with Crippen molar-refractivity contribution in [2.75, 3.05) is 0 Å². The first kappa shape index (κ1) is 9.22. The highest BCUT2D eigenvalue weighted by Gasteiger charge is 2.31. The van der Waals surface area contributed by atoms with Gasteiger partial charge in [-0.05, 0) is 30.7 Å². The van der Waals surface area contributed by atoms with Gasteiger partial charge in [-0.15, -0.1) is 11.3 Å². The molecular formula is C11H16OS. The Hall–Kier alpha value is -0.340. The predicted octanol–water partition coefficient (Wildman–Crippen LogP) is 2.84. The van der Waals surface area contributed by atoms with E-state index in [0.717, 1.165) is 18.8 Å². The van der Waals surface area contributed by atoms with Crippen LogP contribution >= 0.6 is 11.3 Å². The van der Waals surface area contributed by atoms with Gasteiger partial charge in [0.2, 0.25) is 0 Å². The fraction of sp³-hybridized carbons (Fsp3) is 0.636. The monoisotopic (exact) mass is 196 g/mol. The molecule has 1 unspecified atom stereocenters. The molecule has 1 fully saturated rings. The highest BCUT2D eigenvalue weighted by molar-refractivity contribution is 7.09. The lowest BCUT2D eigenvalue weighted by atomic mass is 9.94. The summed E-state index contributed by atoms with van der Waals surface area (Å²) in [5, 5.41) is 12.2. The van der Waals surface area contributed by atoms with E-state index in [4.69, 9.17) is 0 Å². The lowest BCUT2D eigenvalue weighted by Crippen LogP contribution is -2.27. The summed E-state index contributed by atoms with van der Waals surface area (Å²) in [6, 6.07) is 4.15. The van der Waals surface area contributed by atoms with Gasteiger partial charge >= 0.3 is 0 Å². The van der Waals surface area contributed by atoms with Gasteiger partial charge in [-0.1, -0.05) is 18.9 Å². The fourth-order valence-corrected chi connectivity index (χ4v) is 2.69. The molecule has 1 aliphatic rings. The quantitative estimate of drug-likeness (QED) is 0.785. The van der Waals surface area contributed by atoms with Gasteiger partial charge in [-0.25, -0.2) is 0 Å². The van der Waals surface area contributed by atoms with Crippen molar-refractivity contribution >= 4 is 11.3 Å². The summed E-state index contributed by atoms with van der Waals surface area (Å²) in [6.45, 7) is 1.96. The molecule has 1 saturated carbocycles. The van der Waals surface area contributed by atoms with E-state index in [9.17, 15) is 5.11 Å². The van der Waals surface area contributed by atoms with Crippen molar-refractivity contribution in [1.29, 1.82) is 0 Å². The van der Waals surface area contributed by atoms with E-state index in [-0.39, 0.29) is 0 Å². The van der Waals surface area contributed by atoms with E-state index in [1.54, 1.807) is 11.3 Å². The maximum absolute atomic E-state index is 10.1. The molecular weight excluding hydrogens is 180 g/mol. The van der Waals surface area contributed by atoms with Gasteiger partial charge in [0.1, 0.15) is 0 Å². The highest BCUT2D eigenvalue weighted by atomic mass is 32.1. The Bertz CT molecular complexity index is 260. The minimum atomic E-state index is -0.480. The third kappa shape index (κ3) is 2.82. The molecule has 72 valence electrons. The molecule has 2 heteroatoms. The molecule has 13 heavy (non-hydrogen) atoms. The van der Waals surface area contributed by atoms with Crippen molar-refractivity contribution in [3.05, 3.63) is 22.4 Å². The molecule has 0 radical (unpaired) electrons. The minimum Gasteiger partial charge on any atom is -0.390 e. The van der Waals surface area contributed by atoms with Crippen LogP contribution in [-0.4, -0.2) is 10.7 Å². The van der Waals surface area contributed by atoms with E-state index in [1.165, 1.54) is 17.7 Å². The van der Waals surface area contributed by atoms with Gasteiger partial charge in [0.25, 0.3) is 0 Å². The molecule has 0 bridgehead atoms. The number of hydrogen-bond acceptors (Lipinski definition) is 2. The third-order valence-corrected chi connectivity index (χ3v) is 3.44. The smallest absolute Gasteiger partial charge is 0.0670 e. The third-order valence-electron chi connectivity index (χ3n) is 2.56. The largest absolute Gasteiger partial charge is 0.390 e. The highest BCUT2D eigenvalue weighted by Crippen LogP contribution is 2.38. The molecule has 1 N–H and O–H groups in total. The average Bonchev–Trinajstić information content (AvgIpc) is 2.64. The molecule has 0 saturated heterocycles. The van der Waals surface area contributed by atoms with Gasteiger partial charge < -0.3 is 5.11 Å². The van der Waals surface area contributed by atoms with Crippen LogP contribution in [0.2, 0.25) is 0 Å². The normalized spacial score (nSPS) is 21.4. The Morgan fingerprint density at radius 3 is 2.92 bits per heavy atom. The van der Waals surface area contributed by atoms with E-state index in [0.29, 0.717) is 0 Å². The first-order chi connectivity index (χ1) is 6.16. The molecule has 1 aromatic heterocycles. The standard InChI is InChI=1S/C11H16OS/c1-11(12,7-9-4-5-9)8-10-3-2-6-13-10/h2-3,6,9,12H,4-5,7-8H2,1H3. The van der Waals surface area contributed by atoms with Gasteiger partial charge in [-0.3, -0.25) is 0 Å². The van der Waals surface area contributed by atoms with Crippen molar-refractivity contribution in [2.24, 2.45) is 5.92 Å². The van der Waals surface area contributed by atoms with Gasteiger partial charge in [0.05, 0.1) is 5.60 Å². The van der Waals surface area contributed by atoms with Crippen LogP contribution in [0.4, 0.5) is 0 Å². The van der Waals surface area contributed by atoms with Crippen molar-refractivity contribution in [1.82, 2.24) is 0 Å². The first-order valence-electron chi connectivity index (χ1n) is 4.90. The lowest BCUT2D eigenvalue weighted by molar-refractivity contribution is 0.0463. The van der Waals surface area contributed by atoms with Crippen LogP contribution in [0.3, 0.4) is 0 Å². The van der Waals surface area contributed by atoms with Crippen molar-refractivity contribution in [3.8, 4) is 0 Å². The molecule has 1 aromatic rings. The van der Waals surface area contributed by atoms with E-state index in [1.807, 2.05) is 13.0 Å². The molecule has 1 aliphatic carbocycles. The summed E-state index contributed by atoms with van der Waals surface area (Å²) in [4.78, 5) is 1.30. The van der Waals surface area contributed by atoms with Crippen LogP contribution in [0, 0.1) is 5.92 Å². The van der Waals surface area contributed by atoms with Crippen LogP contribution in [0.1, 0.15) is 31.1 Å². The summed E-state index contributed by atoms with van der Waals surface area (Å²) >= 11 is 1.74. The Morgan fingerprint density at radius 2 is 2.38 bits per heavy atom. The summed E-state index contributed by atoms with van der Waals surface area (Å²) < 4.78 is 0. The summed E-state index contributed by atoms with van der Waals surface area (Å²) in [6.07, 6.45) is 4.44. The lowest BCUT2D eigenvalue weighted by Gasteiger charge is -2.22. The van der Waals surface area contributed by atoms with Crippen LogP contribution in [0.15, 0.2) is 17.5 Å². The SMILES string of the molecule is CC(O)(Cc1cccs1)CC1CC1. The fourth-order valence-electron chi connectivity index (χ4n) is 1.80. The summed E-state index contributed by atoms with van der Waals surface area (Å²) in [5.41, 5.74) is -0.480. The number of rotatable bonds is 4. The molecule has 1 nitrogen and oxygen atoms in total.